The molecular weight excluding hydrogens is 390 g/mol. The maximum absolute atomic E-state index is 13.0. The van der Waals surface area contributed by atoms with E-state index < -0.39 is 11.7 Å². The monoisotopic (exact) mass is 405 g/mol. The molecule has 1 amide bonds. The Kier molecular flexibility index (Phi) is 4.81. The van der Waals surface area contributed by atoms with Gasteiger partial charge in [0.2, 0.25) is 5.91 Å². The predicted molar refractivity (Wildman–Crippen MR) is 93.9 cm³/mol. The molecule has 150 valence electrons. The minimum atomic E-state index is -4.39. The number of hydrogen-bond acceptors (Lipinski definition) is 4. The molecule has 1 fully saturated rings. The van der Waals surface area contributed by atoms with Gasteiger partial charge >= 0.3 is 6.18 Å². The van der Waals surface area contributed by atoms with Crippen LogP contribution in [0.25, 0.3) is 11.5 Å². The largest absolute Gasteiger partial charge is 0.416 e. The van der Waals surface area contributed by atoms with Gasteiger partial charge in [-0.2, -0.15) is 18.2 Å². The molecule has 0 spiro atoms. The Morgan fingerprint density at radius 2 is 1.76 bits per heavy atom. The molecule has 0 bridgehead atoms. The standard InChI is InChI=1S/C20H15F4N3O2/c21-16-7-3-13(4-8-16)19-25-18(26-29-19)14-9-17(28)27(11-14)10-12-1-5-15(6-2-12)20(22,23)24/h1-8,14H,9-11H2. The zero-order chi connectivity index (χ0) is 20.6. The van der Waals surface area contributed by atoms with Gasteiger partial charge in [0.25, 0.3) is 5.89 Å². The predicted octanol–water partition coefficient (Wildman–Crippen LogP) is 4.41. The summed E-state index contributed by atoms with van der Waals surface area (Å²) in [5, 5.41) is 3.93. The number of carbonyl (C=O) groups excluding carboxylic acids is 1. The number of amides is 1. The highest BCUT2D eigenvalue weighted by atomic mass is 19.4. The Morgan fingerprint density at radius 3 is 2.41 bits per heavy atom. The Morgan fingerprint density at radius 1 is 1.07 bits per heavy atom. The zero-order valence-corrected chi connectivity index (χ0v) is 15.0. The lowest BCUT2D eigenvalue weighted by Crippen LogP contribution is -2.24. The van der Waals surface area contributed by atoms with Crippen molar-refractivity contribution in [3.05, 3.63) is 71.3 Å². The van der Waals surface area contributed by atoms with Crippen LogP contribution in [-0.4, -0.2) is 27.5 Å². The molecule has 0 aliphatic carbocycles. The summed E-state index contributed by atoms with van der Waals surface area (Å²) in [4.78, 5) is 18.2. The average Bonchev–Trinajstić information content (AvgIpc) is 3.30. The van der Waals surface area contributed by atoms with Crippen LogP contribution in [0.4, 0.5) is 17.6 Å². The lowest BCUT2D eigenvalue weighted by atomic mass is 10.1. The van der Waals surface area contributed by atoms with Crippen molar-refractivity contribution in [2.45, 2.75) is 25.1 Å². The third-order valence-electron chi connectivity index (χ3n) is 4.77. The highest BCUT2D eigenvalue weighted by Gasteiger charge is 2.34. The molecule has 2 aromatic carbocycles. The molecule has 2 heterocycles. The normalized spacial score (nSPS) is 17.2. The van der Waals surface area contributed by atoms with Gasteiger partial charge in [-0.05, 0) is 42.0 Å². The highest BCUT2D eigenvalue weighted by molar-refractivity contribution is 5.79. The average molecular weight is 405 g/mol. The Balaban J connectivity index is 1.44. The molecule has 9 heteroatoms. The van der Waals surface area contributed by atoms with Crippen LogP contribution in [0.3, 0.4) is 0 Å². The molecule has 0 N–H and O–H groups in total. The number of halogens is 4. The summed E-state index contributed by atoms with van der Waals surface area (Å²) in [6, 6.07) is 10.3. The van der Waals surface area contributed by atoms with Crippen molar-refractivity contribution in [1.82, 2.24) is 15.0 Å². The molecule has 0 radical (unpaired) electrons. The first kappa shape index (κ1) is 19.1. The lowest BCUT2D eigenvalue weighted by molar-refractivity contribution is -0.137. The first-order valence-corrected chi connectivity index (χ1v) is 8.83. The molecule has 3 aromatic rings. The maximum Gasteiger partial charge on any atom is 0.416 e. The van der Waals surface area contributed by atoms with Crippen LogP contribution in [0.15, 0.2) is 53.1 Å². The van der Waals surface area contributed by atoms with Crippen LogP contribution >= 0.6 is 0 Å². The quantitative estimate of drug-likeness (QED) is 0.604. The molecule has 1 aromatic heterocycles. The van der Waals surface area contributed by atoms with Crippen molar-refractivity contribution in [3.63, 3.8) is 0 Å². The molecule has 1 aliphatic heterocycles. The van der Waals surface area contributed by atoms with Crippen molar-refractivity contribution in [2.24, 2.45) is 0 Å². The summed E-state index contributed by atoms with van der Waals surface area (Å²) >= 11 is 0. The number of benzene rings is 2. The second-order valence-corrected chi connectivity index (χ2v) is 6.83. The van der Waals surface area contributed by atoms with Crippen molar-refractivity contribution >= 4 is 5.91 Å². The van der Waals surface area contributed by atoms with Crippen molar-refractivity contribution < 1.29 is 26.9 Å². The molecule has 1 unspecified atom stereocenters. The summed E-state index contributed by atoms with van der Waals surface area (Å²) in [7, 11) is 0. The van der Waals surface area contributed by atoms with Gasteiger partial charge in [-0.3, -0.25) is 4.79 Å². The van der Waals surface area contributed by atoms with Gasteiger partial charge < -0.3 is 9.42 Å². The maximum atomic E-state index is 13.0. The van der Waals surface area contributed by atoms with E-state index in [2.05, 4.69) is 10.1 Å². The number of alkyl halides is 3. The molecular formula is C20H15F4N3O2. The third-order valence-corrected chi connectivity index (χ3v) is 4.77. The fraction of sp³-hybridized carbons (Fsp3) is 0.250. The van der Waals surface area contributed by atoms with E-state index >= 15 is 0 Å². The van der Waals surface area contributed by atoms with E-state index in [0.717, 1.165) is 12.1 Å². The van der Waals surface area contributed by atoms with Crippen LogP contribution in [0.5, 0.6) is 0 Å². The summed E-state index contributed by atoms with van der Waals surface area (Å²) in [5.41, 5.74) is 0.440. The molecule has 0 saturated carbocycles. The molecule has 1 aliphatic rings. The van der Waals surface area contributed by atoms with Gasteiger partial charge in [0.1, 0.15) is 5.82 Å². The van der Waals surface area contributed by atoms with E-state index in [-0.39, 0.29) is 36.5 Å². The number of likely N-dealkylation sites (tertiary alicyclic amines) is 1. The second-order valence-electron chi connectivity index (χ2n) is 6.83. The Labute approximate surface area is 162 Å². The summed E-state index contributed by atoms with van der Waals surface area (Å²) in [5.74, 6) is -0.201. The molecule has 5 nitrogen and oxygen atoms in total. The molecule has 1 atom stereocenters. The van der Waals surface area contributed by atoms with Crippen LogP contribution in [0.1, 0.15) is 29.3 Å². The van der Waals surface area contributed by atoms with Crippen LogP contribution < -0.4 is 0 Å². The van der Waals surface area contributed by atoms with E-state index in [9.17, 15) is 22.4 Å². The lowest BCUT2D eigenvalue weighted by Gasteiger charge is -2.16. The minimum absolute atomic E-state index is 0.136. The molecule has 29 heavy (non-hydrogen) atoms. The SMILES string of the molecule is O=C1CC(c2noc(-c3ccc(F)cc3)n2)CN1Cc1ccc(C(F)(F)F)cc1. The number of hydrogen-bond donors (Lipinski definition) is 0. The smallest absolute Gasteiger partial charge is 0.338 e. The van der Waals surface area contributed by atoms with E-state index in [4.69, 9.17) is 4.52 Å². The van der Waals surface area contributed by atoms with Gasteiger partial charge in [0, 0.05) is 31.0 Å². The van der Waals surface area contributed by atoms with Gasteiger partial charge in [0.15, 0.2) is 5.82 Å². The van der Waals surface area contributed by atoms with E-state index in [1.165, 1.54) is 36.4 Å². The zero-order valence-electron chi connectivity index (χ0n) is 15.0. The molecule has 4 rings (SSSR count). The van der Waals surface area contributed by atoms with Gasteiger partial charge in [-0.25, -0.2) is 4.39 Å². The first-order chi connectivity index (χ1) is 13.8. The fourth-order valence-electron chi connectivity index (χ4n) is 3.23. The van der Waals surface area contributed by atoms with Crippen molar-refractivity contribution in [2.75, 3.05) is 6.54 Å². The van der Waals surface area contributed by atoms with E-state index in [0.29, 0.717) is 23.5 Å². The van der Waals surface area contributed by atoms with Gasteiger partial charge in [-0.1, -0.05) is 17.3 Å². The van der Waals surface area contributed by atoms with Gasteiger partial charge in [-0.15, -0.1) is 0 Å². The first-order valence-electron chi connectivity index (χ1n) is 8.83. The number of aromatic nitrogens is 2. The Bertz CT molecular complexity index is 1010. The van der Waals surface area contributed by atoms with Crippen LogP contribution in [-0.2, 0) is 17.5 Å². The number of nitrogens with zero attached hydrogens (tertiary/aromatic N) is 3. The fourth-order valence-corrected chi connectivity index (χ4v) is 3.23. The van der Waals surface area contributed by atoms with E-state index in [1.54, 1.807) is 4.90 Å². The summed E-state index contributed by atoms with van der Waals surface area (Å²) in [6.07, 6.45) is -4.21. The number of carbonyl (C=O) groups is 1. The van der Waals surface area contributed by atoms with Crippen LogP contribution in [0, 0.1) is 5.82 Å². The van der Waals surface area contributed by atoms with Crippen LogP contribution in [0.2, 0.25) is 0 Å². The van der Waals surface area contributed by atoms with Gasteiger partial charge in [0.05, 0.1) is 5.56 Å². The second kappa shape index (κ2) is 7.31. The topological polar surface area (TPSA) is 59.2 Å². The third kappa shape index (κ3) is 4.13. The summed E-state index contributed by atoms with van der Waals surface area (Å²) in [6.45, 7) is 0.540. The van der Waals surface area contributed by atoms with Crippen molar-refractivity contribution in [1.29, 1.82) is 0 Å². The molecule has 1 saturated heterocycles. The summed E-state index contributed by atoms with van der Waals surface area (Å²) < 4.78 is 56.2. The van der Waals surface area contributed by atoms with E-state index in [1.807, 2.05) is 0 Å². The van der Waals surface area contributed by atoms with Crippen molar-refractivity contribution in [3.8, 4) is 11.5 Å². The number of rotatable bonds is 4. The Hall–Kier alpha value is -3.23. The minimum Gasteiger partial charge on any atom is -0.338 e. The highest BCUT2D eigenvalue weighted by Crippen LogP contribution is 2.31.